The van der Waals surface area contributed by atoms with Crippen LogP contribution in [0.25, 0.3) is 0 Å². The van der Waals surface area contributed by atoms with Gasteiger partial charge in [-0.25, -0.2) is 4.79 Å². The molecule has 3 saturated heterocycles. The molecule has 184 valence electrons. The second-order valence-corrected chi connectivity index (χ2v) is 8.84. The summed E-state index contributed by atoms with van der Waals surface area (Å²) < 4.78 is 43.3. The molecule has 4 rings (SSSR count). The van der Waals surface area contributed by atoms with Crippen LogP contribution in [-0.4, -0.2) is 73.1 Å². The second-order valence-electron chi connectivity index (χ2n) is 8.84. The Morgan fingerprint density at radius 2 is 1.79 bits per heavy atom. The fourth-order valence-corrected chi connectivity index (χ4v) is 4.54. The Morgan fingerprint density at radius 3 is 2.39 bits per heavy atom. The minimum atomic E-state index is -5.08. The van der Waals surface area contributed by atoms with E-state index in [1.54, 1.807) is 0 Å². The summed E-state index contributed by atoms with van der Waals surface area (Å²) in [6.07, 6.45) is -1.05. The molecular weight excluding hydrogens is 441 g/mol. The molecule has 3 atom stereocenters. The third kappa shape index (κ3) is 8.28. The maximum atomic E-state index is 12.2. The van der Waals surface area contributed by atoms with Gasteiger partial charge in [0.1, 0.15) is 0 Å². The van der Waals surface area contributed by atoms with Crippen molar-refractivity contribution in [2.24, 2.45) is 11.8 Å². The number of hydrogen-bond acceptors (Lipinski definition) is 5. The number of carbonyl (C=O) groups excluding carboxylic acids is 1. The van der Waals surface area contributed by atoms with Gasteiger partial charge in [0, 0.05) is 45.3 Å². The summed E-state index contributed by atoms with van der Waals surface area (Å²) in [5, 5.41) is 10.2. The first-order valence-corrected chi connectivity index (χ1v) is 11.3. The van der Waals surface area contributed by atoms with Crippen LogP contribution in [0.5, 0.6) is 0 Å². The number of hydrogen-bond donors (Lipinski definition) is 2. The number of nitrogens with zero attached hydrogens (tertiary/aromatic N) is 1. The zero-order chi connectivity index (χ0) is 23.8. The third-order valence-electron chi connectivity index (χ3n) is 6.22. The lowest BCUT2D eigenvalue weighted by atomic mass is 9.99. The number of amides is 1. The first-order chi connectivity index (χ1) is 15.7. The molecule has 0 aromatic heterocycles. The predicted molar refractivity (Wildman–Crippen MR) is 113 cm³/mol. The van der Waals surface area contributed by atoms with Crippen molar-refractivity contribution in [2.45, 2.75) is 50.6 Å². The number of alkyl halides is 3. The van der Waals surface area contributed by atoms with Crippen molar-refractivity contribution in [3.63, 3.8) is 0 Å². The van der Waals surface area contributed by atoms with E-state index in [2.05, 4.69) is 40.5 Å². The van der Waals surface area contributed by atoms with Gasteiger partial charge >= 0.3 is 12.1 Å². The SMILES string of the molecule is O=C(C[C@H]1C[C@H]2CN(Cc3ccccc3)C[C@H]2O1)NCC1CCOCC1.O=C(O)C(F)(F)F. The lowest BCUT2D eigenvalue weighted by molar-refractivity contribution is -0.192. The molecular formula is C23H31F3N2O5. The van der Waals surface area contributed by atoms with Crippen LogP contribution in [0.1, 0.15) is 31.2 Å². The number of carbonyl (C=O) groups is 2. The van der Waals surface area contributed by atoms with E-state index in [4.69, 9.17) is 19.4 Å². The van der Waals surface area contributed by atoms with Crippen molar-refractivity contribution in [1.29, 1.82) is 0 Å². The van der Waals surface area contributed by atoms with E-state index < -0.39 is 12.1 Å². The Balaban J connectivity index is 0.000000383. The lowest BCUT2D eigenvalue weighted by Gasteiger charge is -2.22. The molecule has 0 spiro atoms. The van der Waals surface area contributed by atoms with Crippen LogP contribution in [0.3, 0.4) is 0 Å². The Hall–Kier alpha value is -2.17. The number of benzene rings is 1. The average molecular weight is 473 g/mol. The summed E-state index contributed by atoms with van der Waals surface area (Å²) in [6.45, 7) is 5.50. The molecule has 3 aliphatic heterocycles. The van der Waals surface area contributed by atoms with Crippen molar-refractivity contribution in [3.05, 3.63) is 35.9 Å². The van der Waals surface area contributed by atoms with E-state index in [9.17, 15) is 18.0 Å². The van der Waals surface area contributed by atoms with Crippen molar-refractivity contribution in [1.82, 2.24) is 10.2 Å². The maximum Gasteiger partial charge on any atom is 0.490 e. The van der Waals surface area contributed by atoms with Crippen LogP contribution in [0.2, 0.25) is 0 Å². The van der Waals surface area contributed by atoms with E-state index in [0.29, 0.717) is 24.4 Å². The van der Waals surface area contributed by atoms with E-state index in [0.717, 1.165) is 58.7 Å². The van der Waals surface area contributed by atoms with E-state index in [1.165, 1.54) is 5.56 Å². The zero-order valence-corrected chi connectivity index (χ0v) is 18.4. The number of aliphatic carboxylic acids is 1. The molecule has 3 aliphatic rings. The number of carboxylic acids is 1. The van der Waals surface area contributed by atoms with Crippen LogP contribution in [0.4, 0.5) is 13.2 Å². The lowest BCUT2D eigenvalue weighted by Crippen LogP contribution is -2.34. The number of nitrogens with one attached hydrogen (secondary N) is 1. The van der Waals surface area contributed by atoms with Crippen LogP contribution in [0.15, 0.2) is 30.3 Å². The van der Waals surface area contributed by atoms with Crippen molar-refractivity contribution < 1.29 is 37.3 Å². The number of likely N-dealkylation sites (tertiary alicyclic amines) is 1. The Labute approximate surface area is 191 Å². The average Bonchev–Trinajstić information content (AvgIpc) is 3.31. The molecule has 3 fully saturated rings. The van der Waals surface area contributed by atoms with Crippen molar-refractivity contribution >= 4 is 11.9 Å². The molecule has 2 N–H and O–H groups in total. The van der Waals surface area contributed by atoms with Crippen LogP contribution in [-0.2, 0) is 25.6 Å². The molecule has 3 heterocycles. The van der Waals surface area contributed by atoms with Gasteiger partial charge < -0.3 is 19.9 Å². The van der Waals surface area contributed by atoms with Crippen molar-refractivity contribution in [3.8, 4) is 0 Å². The largest absolute Gasteiger partial charge is 0.490 e. The van der Waals surface area contributed by atoms with Gasteiger partial charge in [-0.3, -0.25) is 9.69 Å². The molecule has 1 aromatic carbocycles. The molecule has 0 saturated carbocycles. The van der Waals surface area contributed by atoms with Crippen molar-refractivity contribution in [2.75, 3.05) is 32.8 Å². The van der Waals surface area contributed by atoms with Gasteiger partial charge in [0.05, 0.1) is 18.6 Å². The monoisotopic (exact) mass is 472 g/mol. The summed E-state index contributed by atoms with van der Waals surface area (Å²) >= 11 is 0. The first kappa shape index (κ1) is 25.5. The standard InChI is InChI=1S/C21H30N2O3.C2HF3O2/c24-21(22-12-16-6-8-25-9-7-16)11-19-10-18-14-23(15-20(18)26-19)13-17-4-2-1-3-5-17;3-2(4,5)1(6)7/h1-5,16,18-20H,6-15H2,(H,22,24);(H,6,7)/t18-,19+,20+;/m0./s1. The fraction of sp³-hybridized carbons (Fsp3) is 0.652. The minimum Gasteiger partial charge on any atom is -0.475 e. The molecule has 0 radical (unpaired) electrons. The van der Waals surface area contributed by atoms with Gasteiger partial charge in [0.25, 0.3) is 0 Å². The Bertz CT molecular complexity index is 757. The number of fused-ring (bicyclic) bond motifs is 1. The highest BCUT2D eigenvalue weighted by Gasteiger charge is 2.42. The highest BCUT2D eigenvalue weighted by atomic mass is 19.4. The van der Waals surface area contributed by atoms with Crippen LogP contribution >= 0.6 is 0 Å². The van der Waals surface area contributed by atoms with E-state index in [-0.39, 0.29) is 12.0 Å². The van der Waals surface area contributed by atoms with Gasteiger partial charge in [0.2, 0.25) is 5.91 Å². The Morgan fingerprint density at radius 1 is 1.12 bits per heavy atom. The summed E-state index contributed by atoms with van der Waals surface area (Å²) in [5.74, 6) is -1.47. The molecule has 7 nitrogen and oxygen atoms in total. The third-order valence-corrected chi connectivity index (χ3v) is 6.22. The number of ether oxygens (including phenoxy) is 2. The summed E-state index contributed by atoms with van der Waals surface area (Å²) in [6, 6.07) is 10.6. The summed E-state index contributed by atoms with van der Waals surface area (Å²) in [5.41, 5.74) is 1.36. The highest BCUT2D eigenvalue weighted by molar-refractivity contribution is 5.76. The molecule has 0 unspecified atom stereocenters. The highest BCUT2D eigenvalue weighted by Crippen LogP contribution is 2.34. The maximum absolute atomic E-state index is 12.2. The van der Waals surface area contributed by atoms with Gasteiger partial charge in [-0.15, -0.1) is 0 Å². The quantitative estimate of drug-likeness (QED) is 0.662. The van der Waals surface area contributed by atoms with Gasteiger partial charge in [0.15, 0.2) is 0 Å². The molecule has 33 heavy (non-hydrogen) atoms. The topological polar surface area (TPSA) is 88.1 Å². The number of halogens is 3. The van der Waals surface area contributed by atoms with Crippen LogP contribution in [0, 0.1) is 11.8 Å². The molecule has 1 aromatic rings. The second kappa shape index (κ2) is 11.8. The molecule has 0 aliphatic carbocycles. The minimum absolute atomic E-state index is 0.0959. The molecule has 0 bridgehead atoms. The normalized spacial score (nSPS) is 25.7. The number of carboxylic acid groups (broad SMARTS) is 1. The summed E-state index contributed by atoms with van der Waals surface area (Å²) in [7, 11) is 0. The zero-order valence-electron chi connectivity index (χ0n) is 18.4. The molecule has 1 amide bonds. The van der Waals surface area contributed by atoms with Crippen LogP contribution < -0.4 is 5.32 Å². The fourth-order valence-electron chi connectivity index (χ4n) is 4.54. The number of rotatable bonds is 6. The Kier molecular flexibility index (Phi) is 9.10. The van der Waals surface area contributed by atoms with Gasteiger partial charge in [-0.05, 0) is 30.7 Å². The van der Waals surface area contributed by atoms with Gasteiger partial charge in [-0.2, -0.15) is 13.2 Å². The predicted octanol–water partition coefficient (Wildman–Crippen LogP) is 2.84. The molecule has 10 heteroatoms. The summed E-state index contributed by atoms with van der Waals surface area (Å²) in [4.78, 5) is 23.6. The smallest absolute Gasteiger partial charge is 0.475 e. The van der Waals surface area contributed by atoms with Gasteiger partial charge in [-0.1, -0.05) is 30.3 Å². The first-order valence-electron chi connectivity index (χ1n) is 11.3. The van der Waals surface area contributed by atoms with E-state index >= 15 is 0 Å². The van der Waals surface area contributed by atoms with E-state index in [1.807, 2.05) is 0 Å².